The number of carbonyl (C=O) groups excluding carboxylic acids is 2. The molecule has 13 heavy (non-hydrogen) atoms. The fraction of sp³-hybridized carbons (Fsp3) is 0.222. The first-order valence-electron chi connectivity index (χ1n) is 3.88. The molecule has 1 heterocycles. The Bertz CT molecular complexity index is 347. The predicted molar refractivity (Wildman–Crippen MR) is 45.8 cm³/mol. The normalized spacial score (nSPS) is 9.62. The monoisotopic (exact) mass is 179 g/mol. The van der Waals surface area contributed by atoms with Crippen LogP contribution in [0.15, 0.2) is 24.5 Å². The number of aromatic nitrogens is 1. The molecular formula is C9H11N2O2+. The van der Waals surface area contributed by atoms with E-state index in [4.69, 9.17) is 5.73 Å². The van der Waals surface area contributed by atoms with E-state index in [0.29, 0.717) is 5.56 Å². The van der Waals surface area contributed by atoms with Gasteiger partial charge in [0, 0.05) is 13.0 Å². The molecule has 0 spiro atoms. The largest absolute Gasteiger partial charge is 0.365 e. The van der Waals surface area contributed by atoms with Crippen LogP contribution in [0.25, 0.3) is 0 Å². The van der Waals surface area contributed by atoms with Gasteiger partial charge in [-0.3, -0.25) is 9.59 Å². The SMILES string of the molecule is CC(=O)C[n+]1cccc(C(N)=O)c1. The second-order valence-corrected chi connectivity index (χ2v) is 2.83. The lowest BCUT2D eigenvalue weighted by Gasteiger charge is -1.94. The van der Waals surface area contributed by atoms with E-state index in [2.05, 4.69) is 0 Å². The molecule has 68 valence electrons. The number of amides is 1. The molecule has 0 radical (unpaired) electrons. The molecule has 2 N–H and O–H groups in total. The summed E-state index contributed by atoms with van der Waals surface area (Å²) in [5.74, 6) is -0.454. The molecule has 0 fully saturated rings. The summed E-state index contributed by atoms with van der Waals surface area (Å²) < 4.78 is 1.63. The minimum absolute atomic E-state index is 0.0339. The van der Waals surface area contributed by atoms with Crippen molar-refractivity contribution in [1.29, 1.82) is 0 Å². The third kappa shape index (κ3) is 2.66. The number of primary amides is 1. The molecule has 4 heteroatoms. The molecular weight excluding hydrogens is 168 g/mol. The van der Waals surface area contributed by atoms with E-state index < -0.39 is 5.91 Å². The maximum Gasteiger partial charge on any atom is 0.254 e. The van der Waals surface area contributed by atoms with Crippen LogP contribution in [0.3, 0.4) is 0 Å². The first-order chi connectivity index (χ1) is 6.09. The van der Waals surface area contributed by atoms with Crippen LogP contribution >= 0.6 is 0 Å². The lowest BCUT2D eigenvalue weighted by Crippen LogP contribution is -2.37. The quantitative estimate of drug-likeness (QED) is 0.645. The number of hydrogen-bond acceptors (Lipinski definition) is 2. The van der Waals surface area contributed by atoms with Crippen molar-refractivity contribution in [2.45, 2.75) is 13.5 Å². The Morgan fingerprint density at radius 2 is 2.23 bits per heavy atom. The smallest absolute Gasteiger partial charge is 0.254 e. The van der Waals surface area contributed by atoms with Gasteiger partial charge in [-0.05, 0) is 6.07 Å². The zero-order chi connectivity index (χ0) is 9.84. The van der Waals surface area contributed by atoms with Crippen LogP contribution in [0.4, 0.5) is 0 Å². The van der Waals surface area contributed by atoms with Gasteiger partial charge in [-0.25, -0.2) is 0 Å². The highest BCUT2D eigenvalue weighted by molar-refractivity contribution is 5.92. The summed E-state index contributed by atoms with van der Waals surface area (Å²) in [6, 6.07) is 3.29. The molecule has 1 aromatic rings. The Kier molecular flexibility index (Phi) is 2.74. The van der Waals surface area contributed by atoms with Crippen LogP contribution in [-0.2, 0) is 11.3 Å². The summed E-state index contributed by atoms with van der Waals surface area (Å²) in [4.78, 5) is 21.5. The second kappa shape index (κ2) is 3.80. The highest BCUT2D eigenvalue weighted by Crippen LogP contribution is 1.91. The van der Waals surface area contributed by atoms with Crippen molar-refractivity contribution in [3.8, 4) is 0 Å². The number of ketones is 1. The van der Waals surface area contributed by atoms with E-state index in [1.54, 1.807) is 29.1 Å². The van der Waals surface area contributed by atoms with Gasteiger partial charge >= 0.3 is 0 Å². The number of pyridine rings is 1. The standard InChI is InChI=1S/C9H10N2O2/c1-7(12)5-11-4-2-3-8(6-11)9(10)13/h2-4,6H,5H2,1H3,(H-,10,13)/p+1. The number of hydrogen-bond donors (Lipinski definition) is 1. The van der Waals surface area contributed by atoms with Crippen molar-refractivity contribution in [1.82, 2.24) is 0 Å². The average Bonchev–Trinajstić information content (AvgIpc) is 2.03. The van der Waals surface area contributed by atoms with Crippen LogP contribution in [0, 0.1) is 0 Å². The second-order valence-electron chi connectivity index (χ2n) is 2.83. The minimum atomic E-state index is -0.488. The van der Waals surface area contributed by atoms with Gasteiger partial charge in [0.1, 0.15) is 5.56 Å². The summed E-state index contributed by atoms with van der Waals surface area (Å²) >= 11 is 0. The van der Waals surface area contributed by atoms with Gasteiger partial charge in [0.2, 0.25) is 6.54 Å². The van der Waals surface area contributed by atoms with Crippen molar-refractivity contribution < 1.29 is 14.2 Å². The van der Waals surface area contributed by atoms with Crippen LogP contribution in [0.1, 0.15) is 17.3 Å². The Hall–Kier alpha value is -1.71. The minimum Gasteiger partial charge on any atom is -0.365 e. The van der Waals surface area contributed by atoms with E-state index in [1.165, 1.54) is 6.92 Å². The van der Waals surface area contributed by atoms with E-state index >= 15 is 0 Å². The van der Waals surface area contributed by atoms with Crippen molar-refractivity contribution in [3.63, 3.8) is 0 Å². The fourth-order valence-electron chi connectivity index (χ4n) is 1.02. The maximum atomic E-state index is 10.8. The van der Waals surface area contributed by atoms with E-state index in [0.717, 1.165) is 0 Å². The Labute approximate surface area is 76.0 Å². The van der Waals surface area contributed by atoms with Gasteiger partial charge < -0.3 is 5.73 Å². The van der Waals surface area contributed by atoms with Crippen LogP contribution in [0.5, 0.6) is 0 Å². The van der Waals surface area contributed by atoms with Gasteiger partial charge in [0.15, 0.2) is 18.2 Å². The zero-order valence-corrected chi connectivity index (χ0v) is 7.36. The van der Waals surface area contributed by atoms with E-state index in [9.17, 15) is 9.59 Å². The first kappa shape index (κ1) is 9.38. The van der Waals surface area contributed by atoms with Crippen LogP contribution in [0.2, 0.25) is 0 Å². The van der Waals surface area contributed by atoms with Crippen LogP contribution < -0.4 is 10.3 Å². The predicted octanol–water partition coefficient (Wildman–Crippen LogP) is -0.338. The summed E-state index contributed by atoms with van der Waals surface area (Å²) in [6.45, 7) is 1.76. The zero-order valence-electron chi connectivity index (χ0n) is 7.36. The van der Waals surface area contributed by atoms with Gasteiger partial charge in [-0.1, -0.05) is 0 Å². The molecule has 0 saturated heterocycles. The lowest BCUT2D eigenvalue weighted by atomic mass is 10.2. The number of nitrogens with zero attached hydrogens (tertiary/aromatic N) is 1. The van der Waals surface area contributed by atoms with E-state index in [1.807, 2.05) is 0 Å². The molecule has 0 atom stereocenters. The van der Waals surface area contributed by atoms with Crippen molar-refractivity contribution >= 4 is 11.7 Å². The highest BCUT2D eigenvalue weighted by Gasteiger charge is 2.08. The van der Waals surface area contributed by atoms with Gasteiger partial charge in [-0.15, -0.1) is 0 Å². The summed E-state index contributed by atoms with van der Waals surface area (Å²) in [5, 5.41) is 0. The van der Waals surface area contributed by atoms with Gasteiger partial charge in [0.25, 0.3) is 5.91 Å². The Balaban J connectivity index is 2.91. The van der Waals surface area contributed by atoms with Crippen molar-refractivity contribution in [3.05, 3.63) is 30.1 Å². The first-order valence-corrected chi connectivity index (χ1v) is 3.88. The lowest BCUT2D eigenvalue weighted by molar-refractivity contribution is -0.684. The third-order valence-corrected chi connectivity index (χ3v) is 1.55. The fourth-order valence-corrected chi connectivity index (χ4v) is 1.02. The molecule has 0 bridgehead atoms. The molecule has 1 amide bonds. The molecule has 0 saturated carbocycles. The summed E-state index contributed by atoms with van der Waals surface area (Å²) in [7, 11) is 0. The number of nitrogens with two attached hydrogens (primary N) is 1. The molecule has 4 nitrogen and oxygen atoms in total. The highest BCUT2D eigenvalue weighted by atomic mass is 16.1. The van der Waals surface area contributed by atoms with Crippen molar-refractivity contribution in [2.24, 2.45) is 5.73 Å². The molecule has 0 aliphatic heterocycles. The molecule has 1 rings (SSSR count). The number of rotatable bonds is 3. The van der Waals surface area contributed by atoms with Crippen LogP contribution in [-0.4, -0.2) is 11.7 Å². The topological polar surface area (TPSA) is 64.0 Å². The van der Waals surface area contributed by atoms with E-state index in [-0.39, 0.29) is 12.3 Å². The van der Waals surface area contributed by atoms with Gasteiger partial charge in [0.05, 0.1) is 0 Å². The third-order valence-electron chi connectivity index (χ3n) is 1.55. The van der Waals surface area contributed by atoms with Crippen molar-refractivity contribution in [2.75, 3.05) is 0 Å². The number of Topliss-reactive ketones (excluding diaryl/α,β-unsaturated/α-hetero) is 1. The average molecular weight is 179 g/mol. The molecule has 0 unspecified atom stereocenters. The molecule has 0 aromatic carbocycles. The maximum absolute atomic E-state index is 10.8. The molecule has 0 aliphatic carbocycles. The molecule has 0 aliphatic rings. The Morgan fingerprint density at radius 3 is 2.77 bits per heavy atom. The molecule has 1 aromatic heterocycles. The van der Waals surface area contributed by atoms with Gasteiger partial charge in [-0.2, -0.15) is 4.57 Å². The Morgan fingerprint density at radius 1 is 1.54 bits per heavy atom. The number of carbonyl (C=O) groups is 2. The summed E-state index contributed by atoms with van der Waals surface area (Å²) in [6.07, 6.45) is 3.28. The summed E-state index contributed by atoms with van der Waals surface area (Å²) in [5.41, 5.74) is 5.48.